The second kappa shape index (κ2) is 6.78. The minimum Gasteiger partial charge on any atom is -0.322 e. The zero-order chi connectivity index (χ0) is 16.4. The molecule has 0 radical (unpaired) electrons. The first kappa shape index (κ1) is 15.4. The van der Waals surface area contributed by atoms with Gasteiger partial charge < -0.3 is 5.32 Å². The fraction of sp³-hybridized carbons (Fsp3) is 0.381. The van der Waals surface area contributed by atoms with Crippen LogP contribution < -0.4 is 5.32 Å². The molecule has 3 heteroatoms. The average Bonchev–Trinajstić information content (AvgIpc) is 3.48. The lowest BCUT2D eigenvalue weighted by atomic mass is 10.1. The number of nitrogens with one attached hydrogen (secondary N) is 1. The molecule has 2 aliphatic rings. The summed E-state index contributed by atoms with van der Waals surface area (Å²) in [7, 11) is 0. The summed E-state index contributed by atoms with van der Waals surface area (Å²) in [5.74, 6) is 0.873. The minimum absolute atomic E-state index is 0.0387. The Morgan fingerprint density at radius 1 is 1.00 bits per heavy atom. The molecule has 2 aliphatic carbocycles. The summed E-state index contributed by atoms with van der Waals surface area (Å²) >= 11 is 0. The van der Waals surface area contributed by atoms with Crippen LogP contribution in [0.3, 0.4) is 0 Å². The normalized spacial score (nSPS) is 17.0. The van der Waals surface area contributed by atoms with Crippen LogP contribution in [0.15, 0.2) is 54.6 Å². The van der Waals surface area contributed by atoms with Crippen molar-refractivity contribution in [2.45, 2.75) is 38.3 Å². The first-order valence-corrected chi connectivity index (χ1v) is 8.97. The van der Waals surface area contributed by atoms with Gasteiger partial charge in [0.2, 0.25) is 0 Å². The molecule has 124 valence electrons. The standard InChI is InChI=1S/C21H24N2O/c24-21(22-19-7-2-1-3-8-19)18-6-4-5-17(13-18)15-23(20-11-12-20)14-16-9-10-16/h1-8,13,16,20H,9-12,14-15H2,(H,22,24). The van der Waals surface area contributed by atoms with E-state index in [0.29, 0.717) is 0 Å². The van der Waals surface area contributed by atoms with E-state index < -0.39 is 0 Å². The molecular formula is C21H24N2O. The Labute approximate surface area is 143 Å². The van der Waals surface area contributed by atoms with E-state index in [-0.39, 0.29) is 5.91 Å². The van der Waals surface area contributed by atoms with Crippen molar-refractivity contribution < 1.29 is 4.79 Å². The highest BCUT2D eigenvalue weighted by Gasteiger charge is 2.33. The predicted octanol–water partition coefficient (Wildman–Crippen LogP) is 4.31. The summed E-state index contributed by atoms with van der Waals surface area (Å²) in [5, 5.41) is 2.96. The van der Waals surface area contributed by atoms with Gasteiger partial charge in [0.15, 0.2) is 0 Å². The number of rotatable bonds is 7. The third-order valence-corrected chi connectivity index (χ3v) is 4.86. The zero-order valence-electron chi connectivity index (χ0n) is 13.9. The largest absolute Gasteiger partial charge is 0.322 e. The summed E-state index contributed by atoms with van der Waals surface area (Å²) in [5.41, 5.74) is 2.81. The second-order valence-corrected chi connectivity index (χ2v) is 7.12. The van der Waals surface area contributed by atoms with Crippen LogP contribution >= 0.6 is 0 Å². The number of para-hydroxylation sites is 1. The lowest BCUT2D eigenvalue weighted by molar-refractivity contribution is 0.102. The Kier molecular flexibility index (Phi) is 4.35. The minimum atomic E-state index is -0.0387. The molecule has 0 heterocycles. The van der Waals surface area contributed by atoms with Gasteiger partial charge in [-0.15, -0.1) is 0 Å². The molecule has 0 aromatic heterocycles. The molecule has 24 heavy (non-hydrogen) atoms. The lowest BCUT2D eigenvalue weighted by Gasteiger charge is -2.22. The molecule has 0 spiro atoms. The molecule has 4 rings (SSSR count). The van der Waals surface area contributed by atoms with Gasteiger partial charge in [0.1, 0.15) is 0 Å². The number of amides is 1. The summed E-state index contributed by atoms with van der Waals surface area (Å²) in [6, 6.07) is 18.5. The van der Waals surface area contributed by atoms with Crippen LogP contribution in [0.1, 0.15) is 41.6 Å². The summed E-state index contributed by atoms with van der Waals surface area (Å²) in [6.45, 7) is 2.19. The number of hydrogen-bond donors (Lipinski definition) is 1. The number of hydrogen-bond acceptors (Lipinski definition) is 2. The van der Waals surface area contributed by atoms with Crippen LogP contribution in [-0.4, -0.2) is 23.4 Å². The van der Waals surface area contributed by atoms with Crippen LogP contribution in [0.5, 0.6) is 0 Å². The topological polar surface area (TPSA) is 32.3 Å². The van der Waals surface area contributed by atoms with Crippen LogP contribution in [0.4, 0.5) is 5.69 Å². The first-order chi connectivity index (χ1) is 11.8. The predicted molar refractivity (Wildman–Crippen MR) is 97.0 cm³/mol. The average molecular weight is 320 g/mol. The molecule has 3 nitrogen and oxygen atoms in total. The Morgan fingerprint density at radius 2 is 1.79 bits per heavy atom. The van der Waals surface area contributed by atoms with Gasteiger partial charge in [0, 0.05) is 30.4 Å². The highest BCUT2D eigenvalue weighted by atomic mass is 16.1. The van der Waals surface area contributed by atoms with Crippen molar-refractivity contribution in [2.24, 2.45) is 5.92 Å². The summed E-state index contributed by atoms with van der Waals surface area (Å²) in [4.78, 5) is 15.1. The van der Waals surface area contributed by atoms with Gasteiger partial charge in [0.05, 0.1) is 0 Å². The van der Waals surface area contributed by atoms with E-state index in [0.717, 1.165) is 29.8 Å². The Hall–Kier alpha value is -2.13. The SMILES string of the molecule is O=C(Nc1ccccc1)c1cccc(CN(CC2CC2)C2CC2)c1. The molecule has 1 amide bonds. The Bertz CT molecular complexity index is 705. The Morgan fingerprint density at radius 3 is 2.50 bits per heavy atom. The lowest BCUT2D eigenvalue weighted by Crippen LogP contribution is -2.28. The molecular weight excluding hydrogens is 296 g/mol. The Balaban J connectivity index is 1.43. The van der Waals surface area contributed by atoms with Crippen molar-refractivity contribution in [3.63, 3.8) is 0 Å². The van der Waals surface area contributed by atoms with Crippen molar-refractivity contribution >= 4 is 11.6 Å². The van der Waals surface area contributed by atoms with Crippen molar-refractivity contribution in [3.8, 4) is 0 Å². The number of nitrogens with zero attached hydrogens (tertiary/aromatic N) is 1. The monoisotopic (exact) mass is 320 g/mol. The maximum atomic E-state index is 12.5. The maximum Gasteiger partial charge on any atom is 0.255 e. The fourth-order valence-electron chi connectivity index (χ4n) is 3.18. The maximum absolute atomic E-state index is 12.5. The molecule has 1 N–H and O–H groups in total. The van der Waals surface area contributed by atoms with Crippen LogP contribution in [-0.2, 0) is 6.54 Å². The molecule has 0 saturated heterocycles. The van der Waals surface area contributed by atoms with Gasteiger partial charge in [-0.1, -0.05) is 30.3 Å². The number of carbonyl (C=O) groups excluding carboxylic acids is 1. The van der Waals surface area contributed by atoms with E-state index >= 15 is 0 Å². The number of carbonyl (C=O) groups is 1. The van der Waals surface area contributed by atoms with Gasteiger partial charge in [-0.05, 0) is 61.4 Å². The van der Waals surface area contributed by atoms with Crippen LogP contribution in [0.25, 0.3) is 0 Å². The van der Waals surface area contributed by atoms with E-state index in [2.05, 4.69) is 16.3 Å². The second-order valence-electron chi connectivity index (χ2n) is 7.12. The fourth-order valence-corrected chi connectivity index (χ4v) is 3.18. The van der Waals surface area contributed by atoms with E-state index in [1.165, 1.54) is 37.8 Å². The third-order valence-electron chi connectivity index (χ3n) is 4.86. The molecule has 0 unspecified atom stereocenters. The van der Waals surface area contributed by atoms with Crippen LogP contribution in [0, 0.1) is 5.92 Å². The third kappa shape index (κ3) is 4.04. The zero-order valence-corrected chi connectivity index (χ0v) is 13.9. The van der Waals surface area contributed by atoms with Gasteiger partial charge in [-0.3, -0.25) is 9.69 Å². The van der Waals surface area contributed by atoms with Crippen molar-refractivity contribution in [1.29, 1.82) is 0 Å². The molecule has 2 aromatic rings. The van der Waals surface area contributed by atoms with Gasteiger partial charge >= 0.3 is 0 Å². The quantitative estimate of drug-likeness (QED) is 0.824. The summed E-state index contributed by atoms with van der Waals surface area (Å²) in [6.07, 6.45) is 5.45. The van der Waals surface area contributed by atoms with E-state index in [9.17, 15) is 4.79 Å². The van der Waals surface area contributed by atoms with E-state index in [1.54, 1.807) is 0 Å². The first-order valence-electron chi connectivity index (χ1n) is 8.97. The summed E-state index contributed by atoms with van der Waals surface area (Å²) < 4.78 is 0. The van der Waals surface area contributed by atoms with Gasteiger partial charge in [0.25, 0.3) is 5.91 Å². The van der Waals surface area contributed by atoms with E-state index in [1.807, 2.05) is 48.5 Å². The van der Waals surface area contributed by atoms with Gasteiger partial charge in [-0.2, -0.15) is 0 Å². The van der Waals surface area contributed by atoms with Gasteiger partial charge in [-0.25, -0.2) is 0 Å². The number of anilines is 1. The molecule has 2 fully saturated rings. The van der Waals surface area contributed by atoms with Crippen LogP contribution in [0.2, 0.25) is 0 Å². The van der Waals surface area contributed by atoms with Crippen molar-refractivity contribution in [3.05, 3.63) is 65.7 Å². The molecule has 0 atom stereocenters. The molecule has 0 bridgehead atoms. The molecule has 2 aromatic carbocycles. The van der Waals surface area contributed by atoms with Crippen molar-refractivity contribution in [1.82, 2.24) is 4.90 Å². The molecule has 0 aliphatic heterocycles. The smallest absolute Gasteiger partial charge is 0.255 e. The number of benzene rings is 2. The molecule has 2 saturated carbocycles. The van der Waals surface area contributed by atoms with Crippen molar-refractivity contribution in [2.75, 3.05) is 11.9 Å². The van der Waals surface area contributed by atoms with E-state index in [4.69, 9.17) is 0 Å². The highest BCUT2D eigenvalue weighted by Crippen LogP contribution is 2.35. The highest BCUT2D eigenvalue weighted by molar-refractivity contribution is 6.04.